The summed E-state index contributed by atoms with van der Waals surface area (Å²) in [6.07, 6.45) is 4.47. The van der Waals surface area contributed by atoms with Crippen molar-refractivity contribution in [3.8, 4) is 22.4 Å². The van der Waals surface area contributed by atoms with Gasteiger partial charge in [0, 0.05) is 11.6 Å². The summed E-state index contributed by atoms with van der Waals surface area (Å²) in [5.74, 6) is 0. The molecule has 1 heterocycles. The Morgan fingerprint density at radius 2 is 1.57 bits per heavy atom. The zero-order chi connectivity index (χ0) is 19.4. The molecular weight excluding hydrogens is 338 g/mol. The lowest BCUT2D eigenvalue weighted by molar-refractivity contribution is -0.660. The van der Waals surface area contributed by atoms with Gasteiger partial charge in [-0.25, -0.2) is 4.57 Å². The van der Waals surface area contributed by atoms with Crippen molar-refractivity contribution in [2.24, 2.45) is 7.05 Å². The van der Waals surface area contributed by atoms with Crippen LogP contribution in [0.3, 0.4) is 0 Å². The molecule has 28 heavy (non-hydrogen) atoms. The highest BCUT2D eigenvalue weighted by Crippen LogP contribution is 2.43. The predicted molar refractivity (Wildman–Crippen MR) is 118 cm³/mol. The molecule has 0 atom stereocenters. The Morgan fingerprint density at radius 3 is 2.43 bits per heavy atom. The quantitative estimate of drug-likeness (QED) is 0.364. The smallest absolute Gasteiger partial charge is 0.201 e. The van der Waals surface area contributed by atoms with E-state index in [1.54, 1.807) is 0 Å². The molecule has 0 N–H and O–H groups in total. The van der Waals surface area contributed by atoms with Crippen molar-refractivity contribution in [2.45, 2.75) is 33.6 Å². The molecule has 0 unspecified atom stereocenters. The van der Waals surface area contributed by atoms with Crippen LogP contribution in [0.25, 0.3) is 33.2 Å². The second-order valence-electron chi connectivity index (χ2n) is 8.24. The monoisotopic (exact) mass is 364 g/mol. The number of pyridine rings is 1. The van der Waals surface area contributed by atoms with Crippen LogP contribution in [0, 0.1) is 20.8 Å². The lowest BCUT2D eigenvalue weighted by atomic mass is 9.79. The molecule has 5 rings (SSSR count). The van der Waals surface area contributed by atoms with Gasteiger partial charge in [-0.05, 0) is 77.8 Å². The molecule has 0 bridgehead atoms. The molecule has 0 spiro atoms. The minimum atomic E-state index is 1.10. The summed E-state index contributed by atoms with van der Waals surface area (Å²) in [6, 6.07) is 20.4. The van der Waals surface area contributed by atoms with E-state index in [9.17, 15) is 0 Å². The maximum Gasteiger partial charge on any atom is 0.213 e. The average molecular weight is 365 g/mol. The molecule has 0 amide bonds. The Morgan fingerprint density at radius 1 is 0.750 bits per heavy atom. The van der Waals surface area contributed by atoms with Crippen molar-refractivity contribution in [1.82, 2.24) is 0 Å². The maximum absolute atomic E-state index is 2.36. The van der Waals surface area contributed by atoms with E-state index in [2.05, 4.69) is 93.2 Å². The van der Waals surface area contributed by atoms with Gasteiger partial charge < -0.3 is 0 Å². The number of fused-ring (bicyclic) bond motifs is 5. The van der Waals surface area contributed by atoms with Crippen LogP contribution in [-0.2, 0) is 19.9 Å². The first-order chi connectivity index (χ1) is 13.5. The van der Waals surface area contributed by atoms with Crippen LogP contribution in [0.15, 0.2) is 60.8 Å². The Balaban J connectivity index is 1.84. The number of hydrogen-bond acceptors (Lipinski definition) is 0. The van der Waals surface area contributed by atoms with E-state index in [1.807, 2.05) is 0 Å². The second-order valence-corrected chi connectivity index (χ2v) is 8.24. The van der Waals surface area contributed by atoms with Gasteiger partial charge in [-0.3, -0.25) is 0 Å². The molecule has 1 aromatic heterocycles. The zero-order valence-electron chi connectivity index (χ0n) is 17.1. The molecule has 4 aromatic rings. The number of aromatic nitrogens is 1. The Kier molecular flexibility index (Phi) is 3.87. The third-order valence-electron chi connectivity index (χ3n) is 6.45. The van der Waals surface area contributed by atoms with Crippen LogP contribution >= 0.6 is 0 Å². The Labute approximate surface area is 167 Å². The van der Waals surface area contributed by atoms with Gasteiger partial charge in [-0.15, -0.1) is 0 Å². The van der Waals surface area contributed by atoms with Gasteiger partial charge in [-0.2, -0.15) is 0 Å². The first-order valence-corrected chi connectivity index (χ1v) is 10.2. The van der Waals surface area contributed by atoms with Crippen molar-refractivity contribution >= 4 is 10.8 Å². The molecule has 0 aliphatic heterocycles. The SMILES string of the molecule is Cc1cc(-c2c(C)ccc3c2CCc2ccc4ccccc4c2-3)[n+](C)cc1C. The van der Waals surface area contributed by atoms with Gasteiger partial charge in [0.15, 0.2) is 6.20 Å². The highest BCUT2D eigenvalue weighted by atomic mass is 14.9. The van der Waals surface area contributed by atoms with E-state index in [4.69, 9.17) is 0 Å². The van der Waals surface area contributed by atoms with Crippen LogP contribution in [0.5, 0.6) is 0 Å². The first-order valence-electron chi connectivity index (χ1n) is 10.2. The third-order valence-corrected chi connectivity index (χ3v) is 6.45. The molecule has 1 heteroatoms. The summed E-state index contributed by atoms with van der Waals surface area (Å²) in [5.41, 5.74) is 12.6. The van der Waals surface area contributed by atoms with Crippen molar-refractivity contribution in [3.05, 3.63) is 88.6 Å². The fourth-order valence-corrected chi connectivity index (χ4v) is 4.85. The summed E-state index contributed by atoms with van der Waals surface area (Å²) in [4.78, 5) is 0. The molecule has 0 fully saturated rings. The molecule has 0 saturated heterocycles. The number of hydrogen-bond donors (Lipinski definition) is 0. The standard InChI is InChI=1S/C27H26N/c1-17-9-13-24-23(26(17)25-15-18(2)19(3)16-28(25)4)14-12-21-11-10-20-7-5-6-8-22(20)27(21)24/h5-11,13,15-16H,12,14H2,1-4H3/q+1. The largest absolute Gasteiger partial charge is 0.213 e. The molecule has 0 saturated carbocycles. The maximum atomic E-state index is 2.36. The summed E-state index contributed by atoms with van der Waals surface area (Å²) in [7, 11) is 2.17. The van der Waals surface area contributed by atoms with Gasteiger partial charge in [0.05, 0.1) is 5.56 Å². The van der Waals surface area contributed by atoms with E-state index in [0.717, 1.165) is 12.8 Å². The van der Waals surface area contributed by atoms with Gasteiger partial charge in [0.2, 0.25) is 5.69 Å². The molecule has 1 nitrogen and oxygen atoms in total. The highest BCUT2D eigenvalue weighted by Gasteiger charge is 2.25. The Bertz CT molecular complexity index is 1250. The number of nitrogens with zero attached hydrogens (tertiary/aromatic N) is 1. The fourth-order valence-electron chi connectivity index (χ4n) is 4.85. The van der Waals surface area contributed by atoms with Gasteiger partial charge in [-0.1, -0.05) is 48.5 Å². The van der Waals surface area contributed by atoms with Crippen molar-refractivity contribution < 1.29 is 4.57 Å². The number of aryl methyl sites for hydroxylation is 5. The summed E-state index contributed by atoms with van der Waals surface area (Å²) >= 11 is 0. The van der Waals surface area contributed by atoms with Gasteiger partial charge in [0.1, 0.15) is 7.05 Å². The third kappa shape index (κ3) is 2.50. The van der Waals surface area contributed by atoms with Gasteiger partial charge in [0.25, 0.3) is 0 Å². The van der Waals surface area contributed by atoms with Crippen molar-refractivity contribution in [1.29, 1.82) is 0 Å². The highest BCUT2D eigenvalue weighted by molar-refractivity contribution is 6.00. The van der Waals surface area contributed by atoms with E-state index in [0.29, 0.717) is 0 Å². The zero-order valence-corrected chi connectivity index (χ0v) is 17.1. The van der Waals surface area contributed by atoms with E-state index in [1.165, 1.54) is 61.0 Å². The van der Waals surface area contributed by atoms with Gasteiger partial charge >= 0.3 is 0 Å². The van der Waals surface area contributed by atoms with Crippen molar-refractivity contribution in [3.63, 3.8) is 0 Å². The molecule has 3 aromatic carbocycles. The molecule has 1 aliphatic carbocycles. The van der Waals surface area contributed by atoms with Crippen LogP contribution < -0.4 is 4.57 Å². The lowest BCUT2D eigenvalue weighted by Crippen LogP contribution is -2.32. The summed E-state index contributed by atoms with van der Waals surface area (Å²) in [5, 5.41) is 2.70. The van der Waals surface area contributed by atoms with Crippen LogP contribution in [0.1, 0.15) is 27.8 Å². The summed E-state index contributed by atoms with van der Waals surface area (Å²) in [6.45, 7) is 6.66. The molecular formula is C27H26N+. The minimum absolute atomic E-state index is 1.10. The van der Waals surface area contributed by atoms with Crippen LogP contribution in [0.2, 0.25) is 0 Å². The first kappa shape index (κ1) is 17.2. The fraction of sp³-hybridized carbons (Fsp3) is 0.222. The van der Waals surface area contributed by atoms with Crippen LogP contribution in [0.4, 0.5) is 0 Å². The molecule has 1 aliphatic rings. The molecule has 0 radical (unpaired) electrons. The lowest BCUT2D eigenvalue weighted by Gasteiger charge is -2.25. The topological polar surface area (TPSA) is 3.88 Å². The summed E-state index contributed by atoms with van der Waals surface area (Å²) < 4.78 is 2.30. The number of benzene rings is 3. The van der Waals surface area contributed by atoms with E-state index < -0.39 is 0 Å². The molecule has 138 valence electrons. The average Bonchev–Trinajstić information content (AvgIpc) is 2.70. The van der Waals surface area contributed by atoms with Crippen molar-refractivity contribution in [2.75, 3.05) is 0 Å². The number of rotatable bonds is 1. The Hall–Kier alpha value is -2.93. The second kappa shape index (κ2) is 6.31. The van der Waals surface area contributed by atoms with E-state index >= 15 is 0 Å². The van der Waals surface area contributed by atoms with Crippen LogP contribution in [-0.4, -0.2) is 0 Å². The van der Waals surface area contributed by atoms with E-state index in [-0.39, 0.29) is 0 Å². The minimum Gasteiger partial charge on any atom is -0.201 e. The normalized spacial score (nSPS) is 12.7. The predicted octanol–water partition coefficient (Wildman–Crippen LogP) is 6.02.